The van der Waals surface area contributed by atoms with Crippen LogP contribution in [0.5, 0.6) is 0 Å². The van der Waals surface area contributed by atoms with Gasteiger partial charge in [0.2, 0.25) is 11.8 Å². The minimum Gasteiger partial charge on any atom is -0.395 e. The third-order valence-corrected chi connectivity index (χ3v) is 6.32. The minimum atomic E-state index is -0.381. The fourth-order valence-corrected chi connectivity index (χ4v) is 3.85. The van der Waals surface area contributed by atoms with Gasteiger partial charge in [-0.2, -0.15) is 0 Å². The second-order valence-corrected chi connectivity index (χ2v) is 9.41. The molecule has 6 nitrogen and oxygen atoms in total. The summed E-state index contributed by atoms with van der Waals surface area (Å²) in [4.78, 5) is 31.2. The predicted octanol–water partition coefficient (Wildman–Crippen LogP) is 2.85. The Hall–Kier alpha value is -2.70. The summed E-state index contributed by atoms with van der Waals surface area (Å²) in [6, 6.07) is 20.2. The Morgan fingerprint density at radius 3 is 1.94 bits per heavy atom. The van der Waals surface area contributed by atoms with E-state index in [2.05, 4.69) is 24.3 Å². The summed E-state index contributed by atoms with van der Waals surface area (Å²) in [5.41, 5.74) is 1.96. The number of carbonyl (C=O) groups excluding carboxylic acids is 2. The number of aliphatic hydroxyl groups is 1. The average Bonchev–Trinajstić information content (AvgIpc) is 2.79. The van der Waals surface area contributed by atoms with Gasteiger partial charge in [0.25, 0.3) is 0 Å². The minimum absolute atomic E-state index is 0.0269. The molecule has 0 aliphatic heterocycles. The summed E-state index contributed by atoms with van der Waals surface area (Å²) in [7, 11) is 3.60. The van der Waals surface area contributed by atoms with Gasteiger partial charge in [-0.15, -0.1) is 0 Å². The highest BCUT2D eigenvalue weighted by Crippen LogP contribution is 2.19. The molecule has 0 aromatic heterocycles. The van der Waals surface area contributed by atoms with Crippen molar-refractivity contribution in [2.45, 2.75) is 45.2 Å². The number of carbonyl (C=O) groups is 2. The van der Waals surface area contributed by atoms with Crippen molar-refractivity contribution in [2.75, 3.05) is 40.3 Å². The van der Waals surface area contributed by atoms with Crippen molar-refractivity contribution in [1.82, 2.24) is 14.7 Å². The summed E-state index contributed by atoms with van der Waals surface area (Å²) in [6.45, 7) is 6.44. The summed E-state index contributed by atoms with van der Waals surface area (Å²) in [5.74, 6) is -0.136. The number of benzene rings is 2. The molecule has 6 heteroatoms. The van der Waals surface area contributed by atoms with Crippen molar-refractivity contribution in [2.24, 2.45) is 0 Å². The van der Waals surface area contributed by atoms with Crippen LogP contribution in [0.2, 0.25) is 0 Å². The Balaban J connectivity index is 1.96. The van der Waals surface area contributed by atoms with Crippen molar-refractivity contribution in [1.29, 1.82) is 0 Å². The zero-order chi connectivity index (χ0) is 24.4. The Kier molecular flexibility index (Phi) is 10.1. The van der Waals surface area contributed by atoms with Gasteiger partial charge < -0.3 is 14.9 Å². The Morgan fingerprint density at radius 2 is 1.39 bits per heavy atom. The second kappa shape index (κ2) is 12.5. The Morgan fingerprint density at radius 1 is 0.879 bits per heavy atom. The molecule has 0 saturated heterocycles. The molecule has 1 atom stereocenters. The first-order chi connectivity index (χ1) is 15.6. The highest BCUT2D eigenvalue weighted by atomic mass is 16.3. The van der Waals surface area contributed by atoms with Gasteiger partial charge in [0.15, 0.2) is 0 Å². The van der Waals surface area contributed by atoms with Crippen LogP contribution in [-0.2, 0) is 22.4 Å². The van der Waals surface area contributed by atoms with Crippen molar-refractivity contribution in [3.63, 3.8) is 0 Å². The molecule has 2 amide bonds. The third kappa shape index (κ3) is 8.30. The van der Waals surface area contributed by atoms with Crippen LogP contribution >= 0.6 is 0 Å². The van der Waals surface area contributed by atoms with Gasteiger partial charge in [-0.1, -0.05) is 60.7 Å². The molecule has 2 aromatic rings. The summed E-state index contributed by atoms with van der Waals surface area (Å²) in [5, 5.41) is 9.51. The number of likely N-dealkylation sites (N-methyl/N-ethyl adjacent to an activating group) is 2. The van der Waals surface area contributed by atoms with Crippen molar-refractivity contribution >= 4 is 11.8 Å². The van der Waals surface area contributed by atoms with Gasteiger partial charge >= 0.3 is 0 Å². The molecular weight excluding hydrogens is 414 g/mol. The van der Waals surface area contributed by atoms with E-state index in [1.165, 1.54) is 11.1 Å². The largest absolute Gasteiger partial charge is 0.395 e. The normalized spacial score (nSPS) is 12.5. The number of nitrogens with zero attached hydrogens (tertiary/aromatic N) is 3. The van der Waals surface area contributed by atoms with Gasteiger partial charge in [0, 0.05) is 32.2 Å². The molecule has 1 unspecified atom stereocenters. The summed E-state index contributed by atoms with van der Waals surface area (Å²) >= 11 is 0. The van der Waals surface area contributed by atoms with Gasteiger partial charge in [-0.05, 0) is 44.7 Å². The Labute approximate surface area is 198 Å². The van der Waals surface area contributed by atoms with E-state index in [0.717, 1.165) is 12.8 Å². The number of aliphatic hydroxyl groups excluding tert-OH is 1. The van der Waals surface area contributed by atoms with Crippen LogP contribution in [0.1, 0.15) is 31.9 Å². The third-order valence-electron chi connectivity index (χ3n) is 6.32. The van der Waals surface area contributed by atoms with Crippen LogP contribution < -0.4 is 0 Å². The van der Waals surface area contributed by atoms with E-state index in [9.17, 15) is 14.7 Å². The molecule has 0 aliphatic carbocycles. The molecule has 0 aliphatic rings. The van der Waals surface area contributed by atoms with Crippen molar-refractivity contribution in [3.05, 3.63) is 71.8 Å². The lowest BCUT2D eigenvalue weighted by Crippen LogP contribution is -2.52. The maximum Gasteiger partial charge on any atom is 0.236 e. The molecule has 0 radical (unpaired) electrons. The van der Waals surface area contributed by atoms with Crippen LogP contribution in [0.3, 0.4) is 0 Å². The van der Waals surface area contributed by atoms with Crippen LogP contribution in [-0.4, -0.2) is 83.5 Å². The maximum atomic E-state index is 13.1. The second-order valence-electron chi connectivity index (χ2n) is 9.41. The highest BCUT2D eigenvalue weighted by molar-refractivity contribution is 5.81. The van der Waals surface area contributed by atoms with Crippen LogP contribution in [0.15, 0.2) is 60.7 Å². The van der Waals surface area contributed by atoms with E-state index >= 15 is 0 Å². The molecule has 0 heterocycles. The number of amides is 2. The molecule has 0 spiro atoms. The molecule has 2 aromatic carbocycles. The zero-order valence-corrected chi connectivity index (χ0v) is 20.7. The van der Waals surface area contributed by atoms with E-state index in [1.807, 2.05) is 57.2 Å². The molecule has 0 bridgehead atoms. The van der Waals surface area contributed by atoms with Gasteiger partial charge in [-0.25, -0.2) is 0 Å². The first-order valence-electron chi connectivity index (χ1n) is 11.6. The van der Waals surface area contributed by atoms with E-state index < -0.39 is 0 Å². The molecular formula is C27H39N3O3. The fraction of sp³-hybridized carbons (Fsp3) is 0.481. The van der Waals surface area contributed by atoms with Gasteiger partial charge in [0.1, 0.15) is 0 Å². The number of hydrogen-bond acceptors (Lipinski definition) is 4. The summed E-state index contributed by atoms with van der Waals surface area (Å²) < 4.78 is 0. The smallest absolute Gasteiger partial charge is 0.236 e. The van der Waals surface area contributed by atoms with Crippen LogP contribution in [0.25, 0.3) is 0 Å². The predicted molar refractivity (Wildman–Crippen MR) is 133 cm³/mol. The van der Waals surface area contributed by atoms with Gasteiger partial charge in [-0.3, -0.25) is 14.5 Å². The quantitative estimate of drug-likeness (QED) is 0.537. The molecule has 180 valence electrons. The Bertz CT molecular complexity index is 871. The van der Waals surface area contributed by atoms with E-state index in [-0.39, 0.29) is 49.6 Å². The van der Waals surface area contributed by atoms with E-state index in [0.29, 0.717) is 0 Å². The van der Waals surface area contributed by atoms with Crippen LogP contribution in [0, 0.1) is 0 Å². The van der Waals surface area contributed by atoms with E-state index in [1.54, 1.807) is 28.8 Å². The molecule has 2 rings (SSSR count). The molecule has 33 heavy (non-hydrogen) atoms. The van der Waals surface area contributed by atoms with Crippen molar-refractivity contribution < 1.29 is 14.7 Å². The van der Waals surface area contributed by atoms with Crippen LogP contribution in [0.4, 0.5) is 0 Å². The number of hydrogen-bond donors (Lipinski definition) is 1. The van der Waals surface area contributed by atoms with Crippen molar-refractivity contribution in [3.8, 4) is 0 Å². The number of rotatable bonds is 12. The van der Waals surface area contributed by atoms with Gasteiger partial charge in [0.05, 0.1) is 19.7 Å². The lowest BCUT2D eigenvalue weighted by Gasteiger charge is -2.37. The molecule has 1 N–H and O–H groups in total. The first kappa shape index (κ1) is 26.6. The first-order valence-corrected chi connectivity index (χ1v) is 11.6. The lowest BCUT2D eigenvalue weighted by molar-refractivity contribution is -0.138. The fourth-order valence-electron chi connectivity index (χ4n) is 3.85. The highest BCUT2D eigenvalue weighted by Gasteiger charge is 2.29. The monoisotopic (exact) mass is 453 g/mol. The zero-order valence-electron chi connectivity index (χ0n) is 20.7. The molecule has 0 fully saturated rings. The van der Waals surface area contributed by atoms with E-state index in [4.69, 9.17) is 0 Å². The topological polar surface area (TPSA) is 64.1 Å². The average molecular weight is 454 g/mol. The standard InChI is InChI=1S/C27H39N3O3/c1-22(18-23-12-8-6-9-13-23)28(4)25(32)20-30(16-17-31)21-26(33)29(5)27(2,3)19-24-14-10-7-11-15-24/h6-15,22,31H,16-21H2,1-5H3. The molecule has 0 saturated carbocycles. The lowest BCUT2D eigenvalue weighted by atomic mass is 9.93. The SMILES string of the molecule is CC(Cc1ccccc1)N(C)C(=O)CN(CCO)CC(=O)N(C)C(C)(C)Cc1ccccc1. The maximum absolute atomic E-state index is 13.1. The summed E-state index contributed by atoms with van der Waals surface area (Å²) in [6.07, 6.45) is 1.49.